The predicted octanol–water partition coefficient (Wildman–Crippen LogP) is 7.70. The fourth-order valence-electron chi connectivity index (χ4n) is 5.56. The molecule has 0 spiro atoms. The number of carboxylic acid groups (broad SMARTS) is 2. The summed E-state index contributed by atoms with van der Waals surface area (Å²) in [4.78, 5) is 25.1. The summed E-state index contributed by atoms with van der Waals surface area (Å²) in [5.41, 5.74) is -2.18. The first-order valence-corrected chi connectivity index (χ1v) is 12.6. The van der Waals surface area contributed by atoms with Crippen LogP contribution in [-0.4, -0.2) is 22.2 Å². The average Bonchev–Trinajstić information content (AvgIpc) is 2.67. The maximum Gasteiger partial charge on any atom is 0.310 e. The quantitative estimate of drug-likeness (QED) is 0.249. The van der Waals surface area contributed by atoms with Gasteiger partial charge in [-0.05, 0) is 37.5 Å². The van der Waals surface area contributed by atoms with Gasteiger partial charge >= 0.3 is 11.9 Å². The van der Waals surface area contributed by atoms with Crippen molar-refractivity contribution >= 4 is 11.9 Å². The van der Waals surface area contributed by atoms with Gasteiger partial charge in [-0.2, -0.15) is 0 Å². The van der Waals surface area contributed by atoms with Gasteiger partial charge < -0.3 is 10.2 Å². The fraction of sp³-hybridized carbons (Fsp3) is 0.923. The zero-order chi connectivity index (χ0) is 22.6. The standard InChI is InChI=1S/C26H48O4/c1-21(2)15-9-5-7-11-17-25(23(27)28)19-13-14-20-26(25,24(29)30)18-12-8-6-10-16-22(3)4/h21-22H,5-20H2,1-4H3,(H,27,28)(H,29,30)/t25-,26-/m0/s1. The van der Waals surface area contributed by atoms with Crippen molar-refractivity contribution in [2.75, 3.05) is 0 Å². The molecule has 1 rings (SSSR count). The van der Waals surface area contributed by atoms with E-state index in [9.17, 15) is 19.8 Å². The van der Waals surface area contributed by atoms with Gasteiger partial charge in [0, 0.05) is 0 Å². The van der Waals surface area contributed by atoms with Crippen molar-refractivity contribution in [3.63, 3.8) is 0 Å². The van der Waals surface area contributed by atoms with Crippen molar-refractivity contribution in [1.29, 1.82) is 0 Å². The Morgan fingerprint density at radius 1 is 0.633 bits per heavy atom. The maximum absolute atomic E-state index is 12.6. The normalized spacial score (nSPS) is 24.5. The van der Waals surface area contributed by atoms with E-state index in [2.05, 4.69) is 27.7 Å². The van der Waals surface area contributed by atoms with E-state index in [1.165, 1.54) is 25.7 Å². The minimum absolute atomic E-state index is 0.518. The van der Waals surface area contributed by atoms with Crippen LogP contribution in [0.2, 0.25) is 0 Å². The summed E-state index contributed by atoms with van der Waals surface area (Å²) < 4.78 is 0. The molecule has 0 aromatic heterocycles. The Kier molecular flexibility index (Phi) is 12.0. The Morgan fingerprint density at radius 2 is 0.967 bits per heavy atom. The number of aliphatic carboxylic acids is 2. The van der Waals surface area contributed by atoms with Gasteiger partial charge in [0.2, 0.25) is 0 Å². The van der Waals surface area contributed by atoms with E-state index in [0.717, 1.165) is 51.4 Å². The molecule has 0 aliphatic heterocycles. The number of rotatable bonds is 16. The highest BCUT2D eigenvalue weighted by atomic mass is 16.4. The van der Waals surface area contributed by atoms with Crippen molar-refractivity contribution in [2.45, 2.75) is 130 Å². The van der Waals surface area contributed by atoms with E-state index in [1.54, 1.807) is 0 Å². The summed E-state index contributed by atoms with van der Waals surface area (Å²) in [5.74, 6) is -0.332. The first-order valence-electron chi connectivity index (χ1n) is 12.6. The molecular formula is C26H48O4. The third kappa shape index (κ3) is 7.57. The fourth-order valence-corrected chi connectivity index (χ4v) is 5.56. The Morgan fingerprint density at radius 3 is 1.27 bits per heavy atom. The number of hydrogen-bond acceptors (Lipinski definition) is 2. The van der Waals surface area contributed by atoms with Crippen molar-refractivity contribution in [3.05, 3.63) is 0 Å². The third-order valence-electron chi connectivity index (χ3n) is 7.46. The van der Waals surface area contributed by atoms with Crippen LogP contribution in [0, 0.1) is 22.7 Å². The Labute approximate surface area is 185 Å². The lowest BCUT2D eigenvalue weighted by molar-refractivity contribution is -0.182. The molecule has 1 fully saturated rings. The Bertz CT molecular complexity index is 467. The van der Waals surface area contributed by atoms with Gasteiger partial charge in [0.15, 0.2) is 0 Å². The van der Waals surface area contributed by atoms with E-state index >= 15 is 0 Å². The van der Waals surface area contributed by atoms with E-state index in [0.29, 0.717) is 37.5 Å². The van der Waals surface area contributed by atoms with Gasteiger partial charge in [-0.25, -0.2) is 0 Å². The summed E-state index contributed by atoms with van der Waals surface area (Å²) in [6, 6.07) is 0. The largest absolute Gasteiger partial charge is 0.481 e. The number of unbranched alkanes of at least 4 members (excludes halogenated alkanes) is 6. The van der Waals surface area contributed by atoms with Crippen molar-refractivity contribution in [2.24, 2.45) is 22.7 Å². The van der Waals surface area contributed by atoms with E-state index in [1.807, 2.05) is 0 Å². The number of carbonyl (C=O) groups is 2. The molecule has 2 atom stereocenters. The molecule has 1 aliphatic carbocycles. The predicted molar refractivity (Wildman–Crippen MR) is 124 cm³/mol. The topological polar surface area (TPSA) is 74.6 Å². The van der Waals surface area contributed by atoms with Crippen LogP contribution >= 0.6 is 0 Å². The van der Waals surface area contributed by atoms with Crippen molar-refractivity contribution in [3.8, 4) is 0 Å². The zero-order valence-electron chi connectivity index (χ0n) is 20.2. The first-order chi connectivity index (χ1) is 14.2. The van der Waals surface area contributed by atoms with Crippen LogP contribution in [-0.2, 0) is 9.59 Å². The van der Waals surface area contributed by atoms with E-state index < -0.39 is 22.8 Å². The van der Waals surface area contributed by atoms with Crippen LogP contribution in [0.3, 0.4) is 0 Å². The molecule has 1 aliphatic rings. The summed E-state index contributed by atoms with van der Waals surface area (Å²) in [6.45, 7) is 8.91. The molecular weight excluding hydrogens is 376 g/mol. The lowest BCUT2D eigenvalue weighted by Gasteiger charge is -2.49. The van der Waals surface area contributed by atoms with E-state index in [-0.39, 0.29) is 0 Å². The maximum atomic E-state index is 12.6. The molecule has 0 unspecified atom stereocenters. The van der Waals surface area contributed by atoms with Crippen LogP contribution in [0.5, 0.6) is 0 Å². The molecule has 0 heterocycles. The highest BCUT2D eigenvalue weighted by Crippen LogP contribution is 2.57. The van der Waals surface area contributed by atoms with Gasteiger partial charge in [-0.3, -0.25) is 9.59 Å². The number of hydrogen-bond donors (Lipinski definition) is 2. The molecule has 0 saturated heterocycles. The average molecular weight is 425 g/mol. The summed E-state index contributed by atoms with van der Waals surface area (Å²) >= 11 is 0. The molecule has 0 aromatic carbocycles. The molecule has 0 aromatic rings. The molecule has 2 N–H and O–H groups in total. The molecule has 30 heavy (non-hydrogen) atoms. The van der Waals surface area contributed by atoms with E-state index in [4.69, 9.17) is 0 Å². The lowest BCUT2D eigenvalue weighted by atomic mass is 9.52. The van der Waals surface area contributed by atoms with Crippen molar-refractivity contribution < 1.29 is 19.8 Å². The zero-order valence-corrected chi connectivity index (χ0v) is 20.2. The molecule has 176 valence electrons. The Balaban J connectivity index is 2.77. The highest BCUT2D eigenvalue weighted by molar-refractivity contribution is 5.87. The van der Waals surface area contributed by atoms with Crippen molar-refractivity contribution in [1.82, 2.24) is 0 Å². The lowest BCUT2D eigenvalue weighted by Crippen LogP contribution is -2.54. The molecule has 4 nitrogen and oxygen atoms in total. The molecule has 0 amide bonds. The van der Waals surface area contributed by atoms with Gasteiger partial charge in [-0.1, -0.05) is 105 Å². The molecule has 0 radical (unpaired) electrons. The summed E-state index contributed by atoms with van der Waals surface area (Å²) in [6.07, 6.45) is 14.4. The third-order valence-corrected chi connectivity index (χ3v) is 7.46. The first kappa shape index (κ1) is 27.0. The smallest absolute Gasteiger partial charge is 0.310 e. The molecule has 4 heteroatoms. The van der Waals surface area contributed by atoms with Crippen LogP contribution in [0.25, 0.3) is 0 Å². The van der Waals surface area contributed by atoms with Gasteiger partial charge in [0.05, 0.1) is 10.8 Å². The minimum Gasteiger partial charge on any atom is -0.481 e. The Hall–Kier alpha value is -1.06. The second-order valence-electron chi connectivity index (χ2n) is 10.7. The minimum atomic E-state index is -1.09. The second-order valence-corrected chi connectivity index (χ2v) is 10.7. The van der Waals surface area contributed by atoms with Crippen LogP contribution in [0.15, 0.2) is 0 Å². The van der Waals surface area contributed by atoms with Crippen LogP contribution in [0.4, 0.5) is 0 Å². The summed E-state index contributed by atoms with van der Waals surface area (Å²) in [5, 5.41) is 20.6. The summed E-state index contributed by atoms with van der Waals surface area (Å²) in [7, 11) is 0. The molecule has 0 bridgehead atoms. The number of carboxylic acids is 2. The van der Waals surface area contributed by atoms with Crippen LogP contribution in [0.1, 0.15) is 130 Å². The van der Waals surface area contributed by atoms with Gasteiger partial charge in [0.25, 0.3) is 0 Å². The van der Waals surface area contributed by atoms with Gasteiger partial charge in [-0.15, -0.1) is 0 Å². The molecule has 1 saturated carbocycles. The second kappa shape index (κ2) is 13.4. The monoisotopic (exact) mass is 424 g/mol. The highest BCUT2D eigenvalue weighted by Gasteiger charge is 2.61. The van der Waals surface area contributed by atoms with Crippen LogP contribution < -0.4 is 0 Å². The van der Waals surface area contributed by atoms with Gasteiger partial charge in [0.1, 0.15) is 0 Å². The SMILES string of the molecule is CC(C)CCCCCC[C@@]1(C(=O)O)CCCC[C@@]1(CCCCCCC(C)C)C(=O)O.